The SMILES string of the molecule is CCOC(=O)CCCCCN(C=O)c1ccccc1. The maximum atomic E-state index is 11.1. The van der Waals surface area contributed by atoms with E-state index in [1.807, 2.05) is 30.3 Å². The minimum Gasteiger partial charge on any atom is -0.466 e. The van der Waals surface area contributed by atoms with Gasteiger partial charge in [-0.15, -0.1) is 0 Å². The van der Waals surface area contributed by atoms with Gasteiger partial charge in [0.15, 0.2) is 0 Å². The Hall–Kier alpha value is -1.84. The molecular formula is C15H21NO3. The van der Waals surface area contributed by atoms with Gasteiger partial charge in [-0.25, -0.2) is 0 Å². The highest BCUT2D eigenvalue weighted by Crippen LogP contribution is 2.12. The van der Waals surface area contributed by atoms with Crippen LogP contribution >= 0.6 is 0 Å². The van der Waals surface area contributed by atoms with Gasteiger partial charge in [-0.1, -0.05) is 24.6 Å². The first-order chi connectivity index (χ1) is 9.27. The largest absolute Gasteiger partial charge is 0.466 e. The van der Waals surface area contributed by atoms with Crippen LogP contribution in [0.4, 0.5) is 5.69 Å². The Morgan fingerprint density at radius 2 is 1.95 bits per heavy atom. The van der Waals surface area contributed by atoms with Crippen molar-refractivity contribution in [1.29, 1.82) is 0 Å². The van der Waals surface area contributed by atoms with Gasteiger partial charge >= 0.3 is 5.97 Å². The molecule has 0 saturated carbocycles. The second-order valence-corrected chi connectivity index (χ2v) is 4.25. The van der Waals surface area contributed by atoms with Gasteiger partial charge in [0.1, 0.15) is 0 Å². The molecule has 1 rings (SSSR count). The Bertz CT molecular complexity index is 378. The van der Waals surface area contributed by atoms with Gasteiger partial charge in [0.25, 0.3) is 0 Å². The number of hydrogen-bond acceptors (Lipinski definition) is 3. The van der Waals surface area contributed by atoms with Crippen molar-refractivity contribution in [1.82, 2.24) is 0 Å². The molecule has 0 saturated heterocycles. The normalized spacial score (nSPS) is 9.95. The zero-order valence-corrected chi connectivity index (χ0v) is 11.4. The van der Waals surface area contributed by atoms with Crippen LogP contribution in [0.1, 0.15) is 32.6 Å². The molecule has 19 heavy (non-hydrogen) atoms. The number of amides is 1. The van der Waals surface area contributed by atoms with Crippen LogP contribution in [0.5, 0.6) is 0 Å². The molecule has 0 fully saturated rings. The Morgan fingerprint density at radius 1 is 1.21 bits per heavy atom. The Balaban J connectivity index is 2.21. The van der Waals surface area contributed by atoms with Crippen LogP contribution < -0.4 is 4.90 Å². The van der Waals surface area contributed by atoms with Crippen molar-refractivity contribution in [3.63, 3.8) is 0 Å². The molecule has 0 spiro atoms. The summed E-state index contributed by atoms with van der Waals surface area (Å²) in [7, 11) is 0. The van der Waals surface area contributed by atoms with Gasteiger partial charge in [0.2, 0.25) is 6.41 Å². The summed E-state index contributed by atoms with van der Waals surface area (Å²) in [6.07, 6.45) is 3.91. The fraction of sp³-hybridized carbons (Fsp3) is 0.467. The fourth-order valence-electron chi connectivity index (χ4n) is 1.82. The Kier molecular flexibility index (Phi) is 7.32. The van der Waals surface area contributed by atoms with Crippen LogP contribution in [0.2, 0.25) is 0 Å². The highest BCUT2D eigenvalue weighted by molar-refractivity contribution is 5.74. The molecule has 1 amide bonds. The summed E-state index contributed by atoms with van der Waals surface area (Å²) in [5.41, 5.74) is 0.905. The first kappa shape index (κ1) is 15.2. The third-order valence-electron chi connectivity index (χ3n) is 2.80. The van der Waals surface area contributed by atoms with Crippen LogP contribution in [0.3, 0.4) is 0 Å². The van der Waals surface area contributed by atoms with Gasteiger partial charge in [0, 0.05) is 18.7 Å². The van der Waals surface area contributed by atoms with Crippen molar-refractivity contribution in [3.05, 3.63) is 30.3 Å². The minimum absolute atomic E-state index is 0.141. The second-order valence-electron chi connectivity index (χ2n) is 4.25. The van der Waals surface area contributed by atoms with E-state index in [-0.39, 0.29) is 5.97 Å². The topological polar surface area (TPSA) is 46.6 Å². The smallest absolute Gasteiger partial charge is 0.305 e. The van der Waals surface area contributed by atoms with E-state index in [0.29, 0.717) is 19.6 Å². The van der Waals surface area contributed by atoms with Crippen LogP contribution in [0, 0.1) is 0 Å². The number of unbranched alkanes of at least 4 members (excludes halogenated alkanes) is 2. The van der Waals surface area contributed by atoms with Crippen molar-refractivity contribution in [2.75, 3.05) is 18.1 Å². The molecule has 0 aliphatic rings. The molecule has 4 heteroatoms. The number of carbonyl (C=O) groups is 2. The molecule has 0 bridgehead atoms. The molecule has 104 valence electrons. The average Bonchev–Trinajstić information content (AvgIpc) is 2.44. The third-order valence-corrected chi connectivity index (χ3v) is 2.80. The zero-order valence-electron chi connectivity index (χ0n) is 11.4. The number of ether oxygens (including phenoxy) is 1. The summed E-state index contributed by atoms with van der Waals surface area (Å²) in [5, 5.41) is 0. The van der Waals surface area contributed by atoms with Gasteiger partial charge in [-0.3, -0.25) is 9.59 Å². The number of para-hydroxylation sites is 1. The zero-order chi connectivity index (χ0) is 13.9. The Morgan fingerprint density at radius 3 is 2.58 bits per heavy atom. The average molecular weight is 263 g/mol. The first-order valence-electron chi connectivity index (χ1n) is 6.70. The molecule has 0 aromatic heterocycles. The number of anilines is 1. The highest BCUT2D eigenvalue weighted by Gasteiger charge is 2.05. The molecule has 4 nitrogen and oxygen atoms in total. The Labute approximate surface area is 114 Å². The summed E-state index contributed by atoms with van der Waals surface area (Å²) in [6, 6.07) is 9.56. The van der Waals surface area contributed by atoms with Crippen LogP contribution in [0.25, 0.3) is 0 Å². The quantitative estimate of drug-likeness (QED) is 0.391. The highest BCUT2D eigenvalue weighted by atomic mass is 16.5. The predicted molar refractivity (Wildman–Crippen MR) is 75.0 cm³/mol. The van der Waals surface area contributed by atoms with E-state index in [4.69, 9.17) is 4.74 Å². The van der Waals surface area contributed by atoms with Gasteiger partial charge in [-0.05, 0) is 31.9 Å². The van der Waals surface area contributed by atoms with Crippen LogP contribution in [-0.4, -0.2) is 25.5 Å². The van der Waals surface area contributed by atoms with Crippen molar-refractivity contribution in [3.8, 4) is 0 Å². The summed E-state index contributed by atoms with van der Waals surface area (Å²) in [6.45, 7) is 2.92. The van der Waals surface area contributed by atoms with E-state index >= 15 is 0 Å². The lowest BCUT2D eigenvalue weighted by atomic mass is 10.2. The number of nitrogens with zero attached hydrogens (tertiary/aromatic N) is 1. The minimum atomic E-state index is -0.141. The molecular weight excluding hydrogens is 242 g/mol. The maximum Gasteiger partial charge on any atom is 0.305 e. The van der Waals surface area contributed by atoms with Crippen LogP contribution in [0.15, 0.2) is 30.3 Å². The lowest BCUT2D eigenvalue weighted by Gasteiger charge is -2.16. The fourth-order valence-corrected chi connectivity index (χ4v) is 1.82. The van der Waals surface area contributed by atoms with Gasteiger partial charge in [0.05, 0.1) is 6.61 Å². The maximum absolute atomic E-state index is 11.1. The van der Waals surface area contributed by atoms with Crippen molar-refractivity contribution in [2.45, 2.75) is 32.6 Å². The number of carbonyl (C=O) groups excluding carboxylic acids is 2. The lowest BCUT2D eigenvalue weighted by molar-refractivity contribution is -0.143. The molecule has 0 unspecified atom stereocenters. The van der Waals surface area contributed by atoms with Crippen molar-refractivity contribution >= 4 is 18.1 Å². The molecule has 0 N–H and O–H groups in total. The van der Waals surface area contributed by atoms with Crippen LogP contribution in [-0.2, 0) is 14.3 Å². The van der Waals surface area contributed by atoms with E-state index in [2.05, 4.69) is 0 Å². The summed E-state index contributed by atoms with van der Waals surface area (Å²) >= 11 is 0. The number of hydrogen-bond donors (Lipinski definition) is 0. The molecule has 0 radical (unpaired) electrons. The standard InChI is InChI=1S/C15H21NO3/c1-2-19-15(18)11-7-4-8-12-16(13-17)14-9-5-3-6-10-14/h3,5-6,9-10,13H,2,4,7-8,11-12H2,1H3. The first-order valence-corrected chi connectivity index (χ1v) is 6.70. The summed E-state index contributed by atoms with van der Waals surface area (Å²) in [4.78, 5) is 23.8. The number of esters is 1. The molecule has 1 aromatic rings. The van der Waals surface area contributed by atoms with Crippen molar-refractivity contribution in [2.24, 2.45) is 0 Å². The lowest BCUT2D eigenvalue weighted by Crippen LogP contribution is -2.22. The molecule has 0 aliphatic heterocycles. The monoisotopic (exact) mass is 263 g/mol. The van der Waals surface area contributed by atoms with E-state index in [9.17, 15) is 9.59 Å². The number of benzene rings is 1. The van der Waals surface area contributed by atoms with Crippen molar-refractivity contribution < 1.29 is 14.3 Å². The summed E-state index contributed by atoms with van der Waals surface area (Å²) < 4.78 is 4.85. The number of rotatable bonds is 9. The van der Waals surface area contributed by atoms with E-state index in [1.165, 1.54) is 0 Å². The second kappa shape index (κ2) is 9.14. The predicted octanol–water partition coefficient (Wildman–Crippen LogP) is 2.77. The van der Waals surface area contributed by atoms with E-state index in [1.54, 1.807) is 11.8 Å². The van der Waals surface area contributed by atoms with Gasteiger partial charge < -0.3 is 9.64 Å². The molecule has 0 aliphatic carbocycles. The summed E-state index contributed by atoms with van der Waals surface area (Å²) in [5.74, 6) is -0.141. The van der Waals surface area contributed by atoms with E-state index < -0.39 is 0 Å². The molecule has 0 heterocycles. The van der Waals surface area contributed by atoms with E-state index in [0.717, 1.165) is 31.4 Å². The third kappa shape index (κ3) is 6.04. The molecule has 1 aromatic carbocycles. The van der Waals surface area contributed by atoms with Gasteiger partial charge in [-0.2, -0.15) is 0 Å². The molecule has 0 atom stereocenters.